The van der Waals surface area contributed by atoms with Gasteiger partial charge in [-0.1, -0.05) is 37.8 Å². The number of allylic oxidation sites excluding steroid dienone is 2. The zero-order chi connectivity index (χ0) is 23.1. The van der Waals surface area contributed by atoms with E-state index in [9.17, 15) is 26.3 Å². The van der Waals surface area contributed by atoms with E-state index in [-0.39, 0.29) is 6.67 Å². The highest BCUT2D eigenvalue weighted by atomic mass is 19.4. The number of hydrogen-bond acceptors (Lipinski definition) is 0. The van der Waals surface area contributed by atoms with Crippen LogP contribution in [0.4, 0.5) is 26.3 Å². The highest BCUT2D eigenvalue weighted by Gasteiger charge is 2.38. The van der Waals surface area contributed by atoms with E-state index in [2.05, 4.69) is 0 Å². The minimum Gasteiger partial charge on any atom is -0.247 e. The lowest BCUT2D eigenvalue weighted by Crippen LogP contribution is -2.26. The Kier molecular flexibility index (Phi) is 9.13. The van der Waals surface area contributed by atoms with Crippen LogP contribution in [0.3, 0.4) is 0 Å². The van der Waals surface area contributed by atoms with Crippen LogP contribution in [0.5, 0.6) is 0 Å². The van der Waals surface area contributed by atoms with Gasteiger partial charge in [0.25, 0.3) is 0 Å². The van der Waals surface area contributed by atoms with Crippen molar-refractivity contribution in [3.05, 3.63) is 47.0 Å². The summed E-state index contributed by atoms with van der Waals surface area (Å²) in [6.07, 6.45) is 11.4. The van der Waals surface area contributed by atoms with Crippen LogP contribution in [0, 0.1) is 35.3 Å². The van der Waals surface area contributed by atoms with Gasteiger partial charge in [-0.2, -0.15) is 13.2 Å². The topological polar surface area (TPSA) is 0 Å². The van der Waals surface area contributed by atoms with Crippen LogP contribution in [-0.4, -0.2) is 6.67 Å². The Morgan fingerprint density at radius 2 is 1.25 bits per heavy atom. The molecular weight excluding hydrogens is 426 g/mol. The lowest BCUT2D eigenvalue weighted by atomic mass is 9.68. The smallest absolute Gasteiger partial charge is 0.247 e. The molecule has 0 bridgehead atoms. The third kappa shape index (κ3) is 7.02. The first-order valence-corrected chi connectivity index (χ1v) is 12.0. The van der Waals surface area contributed by atoms with Crippen LogP contribution < -0.4 is 0 Å². The quantitative estimate of drug-likeness (QED) is 0.268. The maximum Gasteiger partial charge on any atom is 0.422 e. The molecule has 0 unspecified atom stereocenters. The molecule has 0 radical (unpaired) electrons. The minimum atomic E-state index is -5.02. The highest BCUT2D eigenvalue weighted by molar-refractivity contribution is 5.28. The Morgan fingerprint density at radius 3 is 1.72 bits per heavy atom. The van der Waals surface area contributed by atoms with Gasteiger partial charge in [-0.15, -0.1) is 0 Å². The molecule has 0 spiro atoms. The van der Waals surface area contributed by atoms with Crippen LogP contribution in [0.2, 0.25) is 0 Å². The summed E-state index contributed by atoms with van der Waals surface area (Å²) in [6, 6.07) is 1.67. The molecule has 0 aromatic heterocycles. The number of hydrogen-bond donors (Lipinski definition) is 0. The molecule has 0 amide bonds. The third-order valence-electron chi connectivity index (χ3n) is 7.67. The first kappa shape index (κ1) is 25.2. The van der Waals surface area contributed by atoms with Gasteiger partial charge in [0.05, 0.1) is 0 Å². The second-order valence-electron chi connectivity index (χ2n) is 9.74. The summed E-state index contributed by atoms with van der Waals surface area (Å²) in [6.45, 7) is -0.381. The molecule has 0 saturated heterocycles. The monoisotopic (exact) mass is 460 g/mol. The number of aryl methyl sites for hydroxylation is 1. The fourth-order valence-electron chi connectivity index (χ4n) is 5.82. The van der Waals surface area contributed by atoms with Crippen molar-refractivity contribution in [2.45, 2.75) is 83.2 Å². The molecule has 0 aliphatic heterocycles. The fraction of sp³-hybridized carbons (Fsp3) is 0.692. The van der Waals surface area contributed by atoms with E-state index in [1.807, 2.05) is 6.08 Å². The molecule has 2 aliphatic rings. The molecule has 6 heteroatoms. The lowest BCUT2D eigenvalue weighted by Gasteiger charge is -2.38. The maximum absolute atomic E-state index is 13.8. The second kappa shape index (κ2) is 11.6. The summed E-state index contributed by atoms with van der Waals surface area (Å²) >= 11 is 0. The number of halogens is 6. The molecular formula is C26H34F6. The fourth-order valence-corrected chi connectivity index (χ4v) is 5.82. The molecule has 3 rings (SSSR count). The standard InChI is InChI=1S/C26H34F6/c27-15-3-1-2-4-18-7-11-21(12-8-18)22-13-9-19(10-14-22)5-6-20-16-23(28)25(24(29)17-20)26(30,31)32/h1,3,16-19,21-22H,2,4-15H2/b3-1+/t18-,19?,21-,22?. The Bertz CT molecular complexity index is 714. The Hall–Kier alpha value is -1.46. The Morgan fingerprint density at radius 1 is 0.750 bits per heavy atom. The van der Waals surface area contributed by atoms with Gasteiger partial charge in [0.1, 0.15) is 23.9 Å². The van der Waals surface area contributed by atoms with Crippen molar-refractivity contribution in [3.8, 4) is 0 Å². The van der Waals surface area contributed by atoms with Crippen LogP contribution in [0.15, 0.2) is 24.3 Å². The predicted octanol–water partition coefficient (Wildman–Crippen LogP) is 8.83. The van der Waals surface area contributed by atoms with E-state index in [4.69, 9.17) is 0 Å². The second-order valence-corrected chi connectivity index (χ2v) is 9.74. The lowest BCUT2D eigenvalue weighted by molar-refractivity contribution is -0.142. The summed E-state index contributed by atoms with van der Waals surface area (Å²) in [5.41, 5.74) is -1.50. The van der Waals surface area contributed by atoms with Crippen molar-refractivity contribution in [1.82, 2.24) is 0 Å². The molecule has 0 heterocycles. The van der Waals surface area contributed by atoms with Gasteiger partial charge >= 0.3 is 6.18 Å². The van der Waals surface area contributed by atoms with Gasteiger partial charge < -0.3 is 0 Å². The largest absolute Gasteiger partial charge is 0.422 e. The molecule has 0 N–H and O–H groups in total. The number of rotatable bonds is 8. The van der Waals surface area contributed by atoms with Crippen molar-refractivity contribution in [1.29, 1.82) is 0 Å². The van der Waals surface area contributed by atoms with Crippen molar-refractivity contribution >= 4 is 0 Å². The summed E-state index contributed by atoms with van der Waals surface area (Å²) in [4.78, 5) is 0. The first-order chi connectivity index (χ1) is 15.3. The summed E-state index contributed by atoms with van der Waals surface area (Å²) < 4.78 is 77.8. The van der Waals surface area contributed by atoms with Gasteiger partial charge in [0.15, 0.2) is 0 Å². The van der Waals surface area contributed by atoms with Crippen LogP contribution in [0.1, 0.15) is 81.8 Å². The summed E-state index contributed by atoms with van der Waals surface area (Å²) in [5.74, 6) is -0.281. The van der Waals surface area contributed by atoms with Crippen LogP contribution >= 0.6 is 0 Å². The van der Waals surface area contributed by atoms with Crippen LogP contribution in [-0.2, 0) is 12.6 Å². The van der Waals surface area contributed by atoms with E-state index >= 15 is 0 Å². The molecule has 0 nitrogen and oxygen atoms in total. The van der Waals surface area contributed by atoms with Crippen LogP contribution in [0.25, 0.3) is 0 Å². The van der Waals surface area contributed by atoms with E-state index in [0.29, 0.717) is 17.9 Å². The number of benzene rings is 1. The highest BCUT2D eigenvalue weighted by Crippen LogP contribution is 2.43. The average Bonchev–Trinajstić information content (AvgIpc) is 2.75. The van der Waals surface area contributed by atoms with Gasteiger partial charge in [-0.25, -0.2) is 13.2 Å². The van der Waals surface area contributed by atoms with E-state index in [1.54, 1.807) is 6.08 Å². The number of alkyl halides is 4. The zero-order valence-corrected chi connectivity index (χ0v) is 18.6. The first-order valence-electron chi connectivity index (χ1n) is 12.0. The molecule has 1 aromatic rings. The Labute approximate surface area is 187 Å². The molecule has 32 heavy (non-hydrogen) atoms. The molecule has 2 saturated carbocycles. The van der Waals surface area contributed by atoms with Crippen molar-refractivity contribution in [2.75, 3.05) is 6.67 Å². The van der Waals surface area contributed by atoms with Gasteiger partial charge in [-0.3, -0.25) is 0 Å². The molecule has 2 fully saturated rings. The SMILES string of the molecule is FC/C=C/CC[C@H]1CC[C@H](C2CCC(CCc3cc(F)c(C(F)(F)F)c(F)c3)CC2)CC1. The predicted molar refractivity (Wildman–Crippen MR) is 115 cm³/mol. The van der Waals surface area contributed by atoms with Crippen molar-refractivity contribution in [3.63, 3.8) is 0 Å². The van der Waals surface area contributed by atoms with E-state index < -0.39 is 23.4 Å². The van der Waals surface area contributed by atoms with Crippen molar-refractivity contribution in [2.24, 2.45) is 23.7 Å². The molecule has 1 aromatic carbocycles. The average molecular weight is 461 g/mol. The van der Waals surface area contributed by atoms with E-state index in [1.165, 1.54) is 38.5 Å². The minimum absolute atomic E-state index is 0.301. The zero-order valence-electron chi connectivity index (χ0n) is 18.6. The molecule has 0 atom stereocenters. The van der Waals surface area contributed by atoms with Gasteiger partial charge in [0.2, 0.25) is 0 Å². The Balaban J connectivity index is 1.39. The van der Waals surface area contributed by atoms with E-state index in [0.717, 1.165) is 62.0 Å². The normalized spacial score (nSPS) is 27.2. The summed E-state index contributed by atoms with van der Waals surface area (Å²) in [7, 11) is 0. The summed E-state index contributed by atoms with van der Waals surface area (Å²) in [5, 5.41) is 0. The van der Waals surface area contributed by atoms with Crippen molar-refractivity contribution < 1.29 is 26.3 Å². The van der Waals surface area contributed by atoms with Gasteiger partial charge in [0, 0.05) is 0 Å². The molecule has 180 valence electrons. The van der Waals surface area contributed by atoms with Gasteiger partial charge in [-0.05, 0) is 92.7 Å². The third-order valence-corrected chi connectivity index (χ3v) is 7.67. The maximum atomic E-state index is 13.8. The molecule has 2 aliphatic carbocycles.